The SMILES string of the molecule is COc1ccc(NC(=O)c2ccc(S(=O)(=O)N(C)OC)cc2)cc1. The number of nitrogens with zero attached hydrogens (tertiary/aromatic N) is 1. The fourth-order valence-corrected chi connectivity index (χ4v) is 2.88. The first kappa shape index (κ1) is 17.9. The first-order chi connectivity index (χ1) is 11.4. The molecule has 0 fully saturated rings. The van der Waals surface area contributed by atoms with Crippen molar-refractivity contribution in [2.45, 2.75) is 4.90 Å². The van der Waals surface area contributed by atoms with E-state index in [1.165, 1.54) is 38.4 Å². The highest BCUT2D eigenvalue weighted by Crippen LogP contribution is 2.18. The number of carbonyl (C=O) groups excluding carboxylic acids is 1. The van der Waals surface area contributed by atoms with Crippen molar-refractivity contribution in [2.24, 2.45) is 0 Å². The smallest absolute Gasteiger partial charge is 0.264 e. The van der Waals surface area contributed by atoms with Crippen molar-refractivity contribution in [3.63, 3.8) is 0 Å². The molecule has 0 saturated heterocycles. The zero-order chi connectivity index (χ0) is 17.7. The van der Waals surface area contributed by atoms with Crippen LogP contribution in [0.2, 0.25) is 0 Å². The summed E-state index contributed by atoms with van der Waals surface area (Å²) < 4.78 is 30.0. The number of anilines is 1. The molecule has 0 saturated carbocycles. The number of sulfonamides is 1. The lowest BCUT2D eigenvalue weighted by atomic mass is 10.2. The topological polar surface area (TPSA) is 84.9 Å². The molecule has 0 aliphatic carbocycles. The summed E-state index contributed by atoms with van der Waals surface area (Å²) in [5.74, 6) is 0.342. The van der Waals surface area contributed by atoms with Crippen LogP contribution in [0.1, 0.15) is 10.4 Å². The van der Waals surface area contributed by atoms with Gasteiger partial charge < -0.3 is 10.1 Å². The molecule has 128 valence electrons. The molecule has 0 unspecified atom stereocenters. The van der Waals surface area contributed by atoms with Gasteiger partial charge in [0.1, 0.15) is 5.75 Å². The van der Waals surface area contributed by atoms with Crippen LogP contribution in [0.4, 0.5) is 5.69 Å². The number of hydrogen-bond donors (Lipinski definition) is 1. The van der Waals surface area contributed by atoms with Gasteiger partial charge in [-0.2, -0.15) is 0 Å². The largest absolute Gasteiger partial charge is 0.497 e. The Hall–Kier alpha value is -2.42. The Morgan fingerprint density at radius 3 is 2.08 bits per heavy atom. The molecule has 24 heavy (non-hydrogen) atoms. The van der Waals surface area contributed by atoms with Crippen LogP contribution in [-0.2, 0) is 14.9 Å². The highest BCUT2D eigenvalue weighted by atomic mass is 32.2. The van der Waals surface area contributed by atoms with E-state index >= 15 is 0 Å². The molecule has 0 aliphatic rings. The summed E-state index contributed by atoms with van der Waals surface area (Å²) in [6.45, 7) is 0. The minimum absolute atomic E-state index is 0.0350. The molecule has 0 atom stereocenters. The molecule has 0 heterocycles. The zero-order valence-corrected chi connectivity index (χ0v) is 14.3. The maximum Gasteiger partial charge on any atom is 0.264 e. The summed E-state index contributed by atoms with van der Waals surface area (Å²) in [6.07, 6.45) is 0. The molecule has 8 heteroatoms. The van der Waals surface area contributed by atoms with Crippen LogP contribution in [0.15, 0.2) is 53.4 Å². The van der Waals surface area contributed by atoms with Crippen LogP contribution < -0.4 is 10.1 Å². The number of benzene rings is 2. The Balaban J connectivity index is 2.13. The molecule has 0 aliphatic heterocycles. The van der Waals surface area contributed by atoms with Gasteiger partial charge in [0.05, 0.1) is 19.1 Å². The minimum Gasteiger partial charge on any atom is -0.497 e. The average molecular weight is 350 g/mol. The molecule has 0 aromatic heterocycles. The van der Waals surface area contributed by atoms with Gasteiger partial charge in [-0.1, -0.05) is 4.47 Å². The average Bonchev–Trinajstić information content (AvgIpc) is 2.61. The maximum absolute atomic E-state index is 12.2. The van der Waals surface area contributed by atoms with E-state index in [4.69, 9.17) is 9.57 Å². The van der Waals surface area contributed by atoms with E-state index in [1.54, 1.807) is 31.4 Å². The Morgan fingerprint density at radius 2 is 1.58 bits per heavy atom. The number of ether oxygens (including phenoxy) is 1. The van der Waals surface area contributed by atoms with Crippen LogP contribution in [-0.4, -0.2) is 40.1 Å². The van der Waals surface area contributed by atoms with Crippen molar-refractivity contribution < 1.29 is 22.8 Å². The van der Waals surface area contributed by atoms with Gasteiger partial charge in [-0.25, -0.2) is 8.42 Å². The standard InChI is InChI=1S/C16H18N2O5S/c1-18(23-3)24(20,21)15-10-4-12(5-11-15)16(19)17-13-6-8-14(22-2)9-7-13/h4-11H,1-3H3,(H,17,19). The monoisotopic (exact) mass is 350 g/mol. The Morgan fingerprint density at radius 1 is 1.00 bits per heavy atom. The fourth-order valence-electron chi connectivity index (χ4n) is 1.90. The molecule has 1 N–H and O–H groups in total. The molecular weight excluding hydrogens is 332 g/mol. The number of hydroxylamine groups is 1. The number of nitrogens with one attached hydrogen (secondary N) is 1. The third kappa shape index (κ3) is 3.91. The van der Waals surface area contributed by atoms with Gasteiger partial charge in [-0.15, -0.1) is 0 Å². The van der Waals surface area contributed by atoms with Crippen LogP contribution in [0.3, 0.4) is 0 Å². The molecule has 0 radical (unpaired) electrons. The predicted octanol–water partition coefficient (Wildman–Crippen LogP) is 2.13. The fraction of sp³-hybridized carbons (Fsp3) is 0.188. The minimum atomic E-state index is -3.73. The summed E-state index contributed by atoms with van der Waals surface area (Å²) in [7, 11) is 0.377. The van der Waals surface area contributed by atoms with Gasteiger partial charge in [0, 0.05) is 18.3 Å². The van der Waals surface area contributed by atoms with Gasteiger partial charge in [0.25, 0.3) is 15.9 Å². The van der Waals surface area contributed by atoms with Gasteiger partial charge in [0.15, 0.2) is 0 Å². The summed E-state index contributed by atoms with van der Waals surface area (Å²) in [4.78, 5) is 16.9. The van der Waals surface area contributed by atoms with E-state index in [0.29, 0.717) is 17.0 Å². The molecule has 7 nitrogen and oxygen atoms in total. The summed E-state index contributed by atoms with van der Waals surface area (Å²) in [5.41, 5.74) is 0.946. The number of amides is 1. The lowest BCUT2D eigenvalue weighted by Gasteiger charge is -2.14. The Bertz CT molecular complexity index is 801. The summed E-state index contributed by atoms with van der Waals surface area (Å²) >= 11 is 0. The molecule has 2 aromatic carbocycles. The molecular formula is C16H18N2O5S. The number of methoxy groups -OCH3 is 1. The lowest BCUT2D eigenvalue weighted by Crippen LogP contribution is -2.25. The highest BCUT2D eigenvalue weighted by molar-refractivity contribution is 7.89. The molecule has 1 amide bonds. The van der Waals surface area contributed by atoms with Gasteiger partial charge >= 0.3 is 0 Å². The maximum atomic E-state index is 12.2. The van der Waals surface area contributed by atoms with Crippen molar-refractivity contribution in [3.8, 4) is 5.75 Å². The molecule has 0 spiro atoms. The second kappa shape index (κ2) is 7.43. The van der Waals surface area contributed by atoms with Gasteiger partial charge in [-0.3, -0.25) is 9.63 Å². The van der Waals surface area contributed by atoms with E-state index in [9.17, 15) is 13.2 Å². The van der Waals surface area contributed by atoms with Crippen LogP contribution in [0, 0.1) is 0 Å². The second-order valence-electron chi connectivity index (χ2n) is 4.80. The zero-order valence-electron chi connectivity index (χ0n) is 13.5. The molecule has 2 aromatic rings. The van der Waals surface area contributed by atoms with Gasteiger partial charge in [-0.05, 0) is 48.5 Å². The number of rotatable bonds is 6. The van der Waals surface area contributed by atoms with Crippen molar-refractivity contribution in [1.82, 2.24) is 4.47 Å². The third-order valence-corrected chi connectivity index (χ3v) is 5.05. The van der Waals surface area contributed by atoms with Gasteiger partial charge in [0.2, 0.25) is 0 Å². The van der Waals surface area contributed by atoms with E-state index in [2.05, 4.69) is 5.32 Å². The van der Waals surface area contributed by atoms with Crippen molar-refractivity contribution in [2.75, 3.05) is 26.6 Å². The normalized spacial score (nSPS) is 11.3. The van der Waals surface area contributed by atoms with Crippen molar-refractivity contribution in [3.05, 3.63) is 54.1 Å². The number of carbonyl (C=O) groups is 1. The van der Waals surface area contributed by atoms with Crippen LogP contribution >= 0.6 is 0 Å². The quantitative estimate of drug-likeness (QED) is 0.807. The Kier molecular flexibility index (Phi) is 5.55. The van der Waals surface area contributed by atoms with Crippen molar-refractivity contribution in [1.29, 1.82) is 0 Å². The first-order valence-electron chi connectivity index (χ1n) is 6.97. The second-order valence-corrected chi connectivity index (χ2v) is 6.74. The third-order valence-electron chi connectivity index (χ3n) is 3.36. The van der Waals surface area contributed by atoms with E-state index in [0.717, 1.165) is 4.47 Å². The predicted molar refractivity (Wildman–Crippen MR) is 89.3 cm³/mol. The summed E-state index contributed by atoms with van der Waals surface area (Å²) in [5, 5.41) is 2.72. The molecule has 2 rings (SSSR count). The van der Waals surface area contributed by atoms with E-state index in [-0.39, 0.29) is 10.8 Å². The summed E-state index contributed by atoms with van der Waals surface area (Å²) in [6, 6.07) is 12.5. The first-order valence-corrected chi connectivity index (χ1v) is 8.41. The van der Waals surface area contributed by atoms with E-state index < -0.39 is 10.0 Å². The number of hydrogen-bond acceptors (Lipinski definition) is 5. The Labute approximate surface area is 140 Å². The van der Waals surface area contributed by atoms with Crippen LogP contribution in [0.5, 0.6) is 5.75 Å². The van der Waals surface area contributed by atoms with Crippen molar-refractivity contribution >= 4 is 21.6 Å². The van der Waals surface area contributed by atoms with E-state index in [1.807, 2.05) is 0 Å². The highest BCUT2D eigenvalue weighted by Gasteiger charge is 2.20. The van der Waals surface area contributed by atoms with Crippen LogP contribution in [0.25, 0.3) is 0 Å². The molecule has 0 bridgehead atoms. The lowest BCUT2D eigenvalue weighted by molar-refractivity contribution is -0.0258.